The van der Waals surface area contributed by atoms with Gasteiger partial charge in [-0.15, -0.1) is 0 Å². The third-order valence-electron chi connectivity index (χ3n) is 13.9. The Morgan fingerprint density at radius 2 is 1.04 bits per heavy atom. The Balaban J connectivity index is 1.05. The summed E-state index contributed by atoms with van der Waals surface area (Å²) in [5.41, 5.74) is 10.5. The van der Waals surface area contributed by atoms with Crippen molar-refractivity contribution in [2.24, 2.45) is 17.8 Å². The average molecular weight is 712 g/mol. The van der Waals surface area contributed by atoms with Gasteiger partial charge in [0.25, 0.3) is 0 Å². The van der Waals surface area contributed by atoms with Gasteiger partial charge in [-0.1, -0.05) is 91.0 Å². The van der Waals surface area contributed by atoms with Gasteiger partial charge in [-0.3, -0.25) is 0 Å². The fourth-order valence-corrected chi connectivity index (χ4v) is 12.1. The van der Waals surface area contributed by atoms with Crippen LogP contribution in [0, 0.1) is 17.8 Å². The number of rotatable bonds is 3. The fourth-order valence-electron chi connectivity index (χ4n) is 12.1. The third-order valence-corrected chi connectivity index (χ3v) is 13.9. The van der Waals surface area contributed by atoms with Crippen molar-refractivity contribution in [2.45, 2.75) is 49.4 Å². The van der Waals surface area contributed by atoms with E-state index in [-0.39, 0.29) is 5.41 Å². The van der Waals surface area contributed by atoms with Gasteiger partial charge < -0.3 is 9.15 Å². The smallest absolute Gasteiger partial charge is 0.163 e. The first-order valence-corrected chi connectivity index (χ1v) is 19.9. The normalized spacial score (nSPS) is 23.4. The molecule has 1 spiro atoms. The van der Waals surface area contributed by atoms with Crippen molar-refractivity contribution < 1.29 is 9.15 Å². The summed E-state index contributed by atoms with van der Waals surface area (Å²) >= 11 is 0. The maximum Gasteiger partial charge on any atom is 0.163 e. The van der Waals surface area contributed by atoms with Crippen LogP contribution >= 0.6 is 0 Å². The fraction of sp³-hybridized carbons (Fsp3) is 0.220. The van der Waals surface area contributed by atoms with Crippen molar-refractivity contribution in [1.29, 1.82) is 0 Å². The van der Waals surface area contributed by atoms with Crippen LogP contribution in [0.1, 0.15) is 66.6 Å². The standard InChI is InChI=1S/C50H37N3O2/c1-3-11-38-34(9-1)35-19-17-33(25-41(35)50(38)39-12-4-7-15-44(39)55-45-16-8-5-13-40(45)50)47-51-46(32-18-20-43-37(24-32)36-10-2-6-14-42(36)54-43)52-48(53-47)49-26-29-21-30(27-49)23-31(22-29)28-49/h1-20,24-25,29-31H,21-23,26-28H2/t29-,30+,31?,49?. The Hall–Kier alpha value is -6.07. The highest BCUT2D eigenvalue weighted by Crippen LogP contribution is 2.63. The van der Waals surface area contributed by atoms with Crippen LogP contribution in [-0.4, -0.2) is 15.0 Å². The van der Waals surface area contributed by atoms with E-state index in [1.165, 1.54) is 60.8 Å². The van der Waals surface area contributed by atoms with Crippen molar-refractivity contribution in [2.75, 3.05) is 0 Å². The molecule has 0 saturated heterocycles. The van der Waals surface area contributed by atoms with Crippen LogP contribution in [0.4, 0.5) is 0 Å². The van der Waals surface area contributed by atoms with Crippen LogP contribution in [0.2, 0.25) is 0 Å². The zero-order chi connectivity index (χ0) is 35.9. The molecule has 264 valence electrons. The molecular formula is C50H37N3O2. The van der Waals surface area contributed by atoms with Gasteiger partial charge in [0, 0.05) is 38.4 Å². The lowest BCUT2D eigenvalue weighted by atomic mass is 9.49. The van der Waals surface area contributed by atoms with Crippen molar-refractivity contribution in [3.63, 3.8) is 0 Å². The number of nitrogens with zero attached hydrogens (tertiary/aromatic N) is 3. The molecule has 3 heterocycles. The lowest BCUT2D eigenvalue weighted by molar-refractivity contribution is -0.00938. The Kier molecular flexibility index (Phi) is 5.94. The van der Waals surface area contributed by atoms with Gasteiger partial charge in [-0.05, 0) is 121 Å². The largest absolute Gasteiger partial charge is 0.457 e. The number of hydrogen-bond donors (Lipinski definition) is 0. The van der Waals surface area contributed by atoms with Crippen molar-refractivity contribution in [3.05, 3.63) is 162 Å². The summed E-state index contributed by atoms with van der Waals surface area (Å²) in [6, 6.07) is 47.6. The summed E-state index contributed by atoms with van der Waals surface area (Å²) in [6.07, 6.45) is 7.66. The molecule has 0 amide bonds. The maximum absolute atomic E-state index is 6.62. The van der Waals surface area contributed by atoms with E-state index in [0.717, 1.165) is 90.9 Å². The molecule has 0 atom stereocenters. The Morgan fingerprint density at radius 3 is 1.76 bits per heavy atom. The molecule has 6 aliphatic rings. The number of furan rings is 1. The van der Waals surface area contributed by atoms with E-state index in [9.17, 15) is 0 Å². The lowest BCUT2D eigenvalue weighted by Gasteiger charge is -2.56. The first kappa shape index (κ1) is 30.3. The van der Waals surface area contributed by atoms with Crippen LogP contribution in [0.15, 0.2) is 138 Å². The van der Waals surface area contributed by atoms with Gasteiger partial charge in [0.05, 0.1) is 5.41 Å². The van der Waals surface area contributed by atoms with Gasteiger partial charge in [-0.2, -0.15) is 0 Å². The molecule has 4 bridgehead atoms. The van der Waals surface area contributed by atoms with Gasteiger partial charge in [0.2, 0.25) is 0 Å². The molecular weight excluding hydrogens is 675 g/mol. The van der Waals surface area contributed by atoms with E-state index in [4.69, 9.17) is 24.1 Å². The van der Waals surface area contributed by atoms with Gasteiger partial charge in [-0.25, -0.2) is 15.0 Å². The van der Waals surface area contributed by atoms with Crippen LogP contribution in [0.25, 0.3) is 55.8 Å². The molecule has 5 aliphatic carbocycles. The van der Waals surface area contributed by atoms with E-state index >= 15 is 0 Å². The summed E-state index contributed by atoms with van der Waals surface area (Å²) in [5.74, 6) is 6.58. The Labute approximate surface area is 319 Å². The third kappa shape index (κ3) is 4.11. The van der Waals surface area contributed by atoms with E-state index < -0.39 is 5.41 Å². The summed E-state index contributed by atoms with van der Waals surface area (Å²) in [4.78, 5) is 16.4. The second-order valence-electron chi connectivity index (χ2n) is 17.0. The zero-order valence-electron chi connectivity index (χ0n) is 30.3. The average Bonchev–Trinajstić information content (AvgIpc) is 3.74. The second kappa shape index (κ2) is 10.8. The second-order valence-corrected chi connectivity index (χ2v) is 17.0. The molecule has 4 saturated carbocycles. The van der Waals surface area contributed by atoms with Crippen LogP contribution in [0.5, 0.6) is 11.5 Å². The summed E-state index contributed by atoms with van der Waals surface area (Å²) in [5, 5.41) is 2.19. The van der Waals surface area contributed by atoms with Crippen molar-refractivity contribution >= 4 is 21.9 Å². The van der Waals surface area contributed by atoms with Gasteiger partial charge in [0.15, 0.2) is 11.6 Å². The monoisotopic (exact) mass is 711 g/mol. The lowest BCUT2D eigenvalue weighted by Crippen LogP contribution is -2.49. The van der Waals surface area contributed by atoms with Crippen LogP contribution in [-0.2, 0) is 10.8 Å². The number of aromatic nitrogens is 3. The highest BCUT2D eigenvalue weighted by Gasteiger charge is 2.54. The molecule has 55 heavy (non-hydrogen) atoms. The SMILES string of the molecule is c1ccc2c(c1)Oc1ccccc1C21c2ccccc2-c2ccc(-c3nc(-c4ccc5oc6ccccc6c5c4)nc(C45CC6C[C@H](C4)C[C@@H](C6)C5)n3)cc21. The molecule has 0 unspecified atom stereocenters. The Morgan fingerprint density at radius 1 is 0.473 bits per heavy atom. The van der Waals surface area contributed by atoms with E-state index in [0.29, 0.717) is 0 Å². The van der Waals surface area contributed by atoms with E-state index in [2.05, 4.69) is 121 Å². The first-order valence-electron chi connectivity index (χ1n) is 19.9. The molecule has 0 radical (unpaired) electrons. The summed E-state index contributed by atoms with van der Waals surface area (Å²) < 4.78 is 12.9. The molecule has 6 aromatic carbocycles. The van der Waals surface area contributed by atoms with E-state index in [1.807, 2.05) is 12.1 Å². The molecule has 8 aromatic rings. The minimum atomic E-state index is -0.556. The minimum absolute atomic E-state index is 0.000401. The van der Waals surface area contributed by atoms with Crippen LogP contribution in [0.3, 0.4) is 0 Å². The van der Waals surface area contributed by atoms with E-state index in [1.54, 1.807) is 0 Å². The summed E-state index contributed by atoms with van der Waals surface area (Å²) in [7, 11) is 0. The maximum atomic E-state index is 6.62. The number of para-hydroxylation sites is 3. The van der Waals surface area contributed by atoms with Crippen molar-refractivity contribution in [1.82, 2.24) is 15.0 Å². The molecule has 5 heteroatoms. The molecule has 5 nitrogen and oxygen atoms in total. The number of benzene rings is 6. The topological polar surface area (TPSA) is 61.0 Å². The number of fused-ring (bicyclic) bond motifs is 12. The summed E-state index contributed by atoms with van der Waals surface area (Å²) in [6.45, 7) is 0. The molecule has 14 rings (SSSR count). The predicted molar refractivity (Wildman–Crippen MR) is 215 cm³/mol. The number of hydrogen-bond acceptors (Lipinski definition) is 5. The van der Waals surface area contributed by atoms with Gasteiger partial charge in [0.1, 0.15) is 28.5 Å². The zero-order valence-corrected chi connectivity index (χ0v) is 30.3. The molecule has 2 aromatic heterocycles. The number of ether oxygens (including phenoxy) is 1. The van der Waals surface area contributed by atoms with Crippen molar-refractivity contribution in [3.8, 4) is 45.4 Å². The highest BCUT2D eigenvalue weighted by molar-refractivity contribution is 6.06. The quantitative estimate of drug-likeness (QED) is 0.183. The molecule has 4 fully saturated rings. The first-order chi connectivity index (χ1) is 27.1. The van der Waals surface area contributed by atoms with Gasteiger partial charge >= 0.3 is 0 Å². The van der Waals surface area contributed by atoms with Crippen LogP contribution < -0.4 is 4.74 Å². The predicted octanol–water partition coefficient (Wildman–Crippen LogP) is 12.0. The molecule has 0 N–H and O–H groups in total. The minimum Gasteiger partial charge on any atom is -0.457 e. The Bertz CT molecular complexity index is 2840. The highest BCUT2D eigenvalue weighted by atomic mass is 16.5. The molecule has 1 aliphatic heterocycles.